The molecule has 0 unspecified atom stereocenters. The standard InChI is InChI=1S/C12H10N2O2/c1-16-12(15)11-7-10(13-8-14-11)9-5-3-2-4-6-9/h2-8H,1H3. The fraction of sp³-hybridized carbons (Fsp3) is 0.0833. The first-order valence-electron chi connectivity index (χ1n) is 4.77. The van der Waals surface area contributed by atoms with Gasteiger partial charge in [-0.25, -0.2) is 14.8 Å². The van der Waals surface area contributed by atoms with E-state index in [0.29, 0.717) is 5.69 Å². The van der Waals surface area contributed by atoms with Crippen LogP contribution in [0.4, 0.5) is 0 Å². The molecule has 0 aliphatic rings. The van der Waals surface area contributed by atoms with Crippen LogP contribution >= 0.6 is 0 Å². The smallest absolute Gasteiger partial charge is 0.356 e. The summed E-state index contributed by atoms with van der Waals surface area (Å²) in [6.45, 7) is 0. The molecule has 80 valence electrons. The fourth-order valence-corrected chi connectivity index (χ4v) is 1.34. The molecule has 2 rings (SSSR count). The van der Waals surface area contributed by atoms with Crippen molar-refractivity contribution in [1.82, 2.24) is 9.97 Å². The second kappa shape index (κ2) is 4.53. The molecule has 0 bridgehead atoms. The maximum atomic E-state index is 11.3. The SMILES string of the molecule is COC(=O)c1cc(-c2ccccc2)ncn1. The van der Waals surface area contributed by atoms with E-state index in [-0.39, 0.29) is 5.69 Å². The van der Waals surface area contributed by atoms with Crippen molar-refractivity contribution in [3.63, 3.8) is 0 Å². The Morgan fingerprint density at radius 2 is 1.94 bits per heavy atom. The lowest BCUT2D eigenvalue weighted by atomic mass is 10.1. The fourth-order valence-electron chi connectivity index (χ4n) is 1.34. The van der Waals surface area contributed by atoms with E-state index in [4.69, 9.17) is 0 Å². The summed E-state index contributed by atoms with van der Waals surface area (Å²) in [6, 6.07) is 11.2. The summed E-state index contributed by atoms with van der Waals surface area (Å²) in [7, 11) is 1.33. The van der Waals surface area contributed by atoms with Gasteiger partial charge >= 0.3 is 5.97 Å². The summed E-state index contributed by atoms with van der Waals surface area (Å²) in [4.78, 5) is 19.2. The molecule has 0 fully saturated rings. The first-order chi connectivity index (χ1) is 7.81. The lowest BCUT2D eigenvalue weighted by Crippen LogP contribution is -2.04. The highest BCUT2D eigenvalue weighted by atomic mass is 16.5. The molecule has 1 aromatic heterocycles. The third kappa shape index (κ3) is 2.06. The van der Waals surface area contributed by atoms with Crippen LogP contribution in [0.3, 0.4) is 0 Å². The number of benzene rings is 1. The molecular weight excluding hydrogens is 204 g/mol. The Morgan fingerprint density at radius 3 is 2.62 bits per heavy atom. The zero-order chi connectivity index (χ0) is 11.4. The minimum Gasteiger partial charge on any atom is -0.464 e. The van der Waals surface area contributed by atoms with Gasteiger partial charge in [0.1, 0.15) is 6.33 Å². The Bertz CT molecular complexity index is 497. The van der Waals surface area contributed by atoms with E-state index in [1.54, 1.807) is 6.07 Å². The first-order valence-corrected chi connectivity index (χ1v) is 4.77. The molecular formula is C12H10N2O2. The third-order valence-corrected chi connectivity index (χ3v) is 2.13. The van der Waals surface area contributed by atoms with Gasteiger partial charge in [-0.3, -0.25) is 0 Å². The minimum absolute atomic E-state index is 0.261. The molecule has 0 radical (unpaired) electrons. The van der Waals surface area contributed by atoms with Crippen LogP contribution in [-0.2, 0) is 4.74 Å². The zero-order valence-corrected chi connectivity index (χ0v) is 8.75. The molecule has 0 saturated carbocycles. The van der Waals surface area contributed by atoms with Gasteiger partial charge in [0, 0.05) is 5.56 Å². The van der Waals surface area contributed by atoms with Crippen LogP contribution in [-0.4, -0.2) is 23.0 Å². The average Bonchev–Trinajstić information content (AvgIpc) is 2.39. The second-order valence-electron chi connectivity index (χ2n) is 3.15. The maximum absolute atomic E-state index is 11.3. The van der Waals surface area contributed by atoms with Crippen molar-refractivity contribution in [3.05, 3.63) is 48.4 Å². The number of hydrogen-bond acceptors (Lipinski definition) is 4. The van der Waals surface area contributed by atoms with Gasteiger partial charge in [-0.1, -0.05) is 30.3 Å². The van der Waals surface area contributed by atoms with Crippen molar-refractivity contribution in [1.29, 1.82) is 0 Å². The number of rotatable bonds is 2. The summed E-state index contributed by atoms with van der Waals surface area (Å²) in [5.74, 6) is -0.459. The predicted octanol–water partition coefficient (Wildman–Crippen LogP) is 1.93. The lowest BCUT2D eigenvalue weighted by Gasteiger charge is -2.02. The Kier molecular flexibility index (Phi) is 2.91. The van der Waals surface area contributed by atoms with Gasteiger partial charge in [-0.2, -0.15) is 0 Å². The summed E-state index contributed by atoms with van der Waals surface area (Å²) >= 11 is 0. The van der Waals surface area contributed by atoms with Crippen molar-refractivity contribution in [2.75, 3.05) is 7.11 Å². The van der Waals surface area contributed by atoms with E-state index in [0.717, 1.165) is 5.56 Å². The molecule has 0 aliphatic carbocycles. The second-order valence-corrected chi connectivity index (χ2v) is 3.15. The molecule has 4 heteroatoms. The van der Waals surface area contributed by atoms with Crippen LogP contribution in [0, 0.1) is 0 Å². The predicted molar refractivity (Wildman–Crippen MR) is 58.8 cm³/mol. The number of hydrogen-bond donors (Lipinski definition) is 0. The normalized spacial score (nSPS) is 9.81. The van der Waals surface area contributed by atoms with Gasteiger partial charge in [-0.15, -0.1) is 0 Å². The molecule has 0 aliphatic heterocycles. The molecule has 0 atom stereocenters. The van der Waals surface area contributed by atoms with Gasteiger partial charge in [0.05, 0.1) is 12.8 Å². The molecule has 16 heavy (non-hydrogen) atoms. The molecule has 0 N–H and O–H groups in total. The number of esters is 1. The van der Waals surface area contributed by atoms with Crippen LogP contribution in [0.15, 0.2) is 42.7 Å². The van der Waals surface area contributed by atoms with Crippen molar-refractivity contribution >= 4 is 5.97 Å². The van der Waals surface area contributed by atoms with Gasteiger partial charge in [0.15, 0.2) is 5.69 Å². The Hall–Kier alpha value is -2.23. The van der Waals surface area contributed by atoms with Crippen molar-refractivity contribution in [2.24, 2.45) is 0 Å². The van der Waals surface area contributed by atoms with Crippen molar-refractivity contribution in [3.8, 4) is 11.3 Å². The van der Waals surface area contributed by atoms with Gasteiger partial charge in [0.25, 0.3) is 0 Å². The highest BCUT2D eigenvalue weighted by Gasteiger charge is 2.08. The molecule has 0 amide bonds. The summed E-state index contributed by atoms with van der Waals surface area (Å²) < 4.78 is 4.60. The van der Waals surface area contributed by atoms with Gasteiger partial charge in [0.2, 0.25) is 0 Å². The number of carbonyl (C=O) groups excluding carboxylic acids is 1. The largest absolute Gasteiger partial charge is 0.464 e. The van der Waals surface area contributed by atoms with Crippen LogP contribution in [0.25, 0.3) is 11.3 Å². The van der Waals surface area contributed by atoms with Gasteiger partial charge < -0.3 is 4.74 Å². The van der Waals surface area contributed by atoms with E-state index in [9.17, 15) is 4.79 Å². The van der Waals surface area contributed by atoms with E-state index < -0.39 is 5.97 Å². The first kappa shape index (κ1) is 10.3. The number of aromatic nitrogens is 2. The molecule has 2 aromatic rings. The number of nitrogens with zero attached hydrogens (tertiary/aromatic N) is 2. The molecule has 0 saturated heterocycles. The van der Waals surface area contributed by atoms with E-state index in [2.05, 4.69) is 14.7 Å². The highest BCUT2D eigenvalue weighted by Crippen LogP contribution is 2.16. The highest BCUT2D eigenvalue weighted by molar-refractivity contribution is 5.88. The number of ether oxygens (including phenoxy) is 1. The average molecular weight is 214 g/mol. The van der Waals surface area contributed by atoms with Crippen LogP contribution in [0.5, 0.6) is 0 Å². The van der Waals surface area contributed by atoms with Crippen molar-refractivity contribution < 1.29 is 9.53 Å². The quantitative estimate of drug-likeness (QED) is 0.717. The summed E-state index contributed by atoms with van der Waals surface area (Å²) in [6.07, 6.45) is 1.36. The zero-order valence-electron chi connectivity index (χ0n) is 8.75. The number of methoxy groups -OCH3 is 1. The minimum atomic E-state index is -0.459. The molecule has 4 nitrogen and oxygen atoms in total. The summed E-state index contributed by atoms with van der Waals surface area (Å²) in [5, 5.41) is 0. The van der Waals surface area contributed by atoms with Gasteiger partial charge in [-0.05, 0) is 6.07 Å². The monoisotopic (exact) mass is 214 g/mol. The van der Waals surface area contributed by atoms with Crippen LogP contribution in [0.2, 0.25) is 0 Å². The van der Waals surface area contributed by atoms with Crippen LogP contribution in [0.1, 0.15) is 10.5 Å². The Balaban J connectivity index is 2.40. The summed E-state index contributed by atoms with van der Waals surface area (Å²) in [5.41, 5.74) is 1.91. The van der Waals surface area contributed by atoms with E-state index in [1.807, 2.05) is 30.3 Å². The molecule has 0 spiro atoms. The maximum Gasteiger partial charge on any atom is 0.356 e. The lowest BCUT2D eigenvalue weighted by molar-refractivity contribution is 0.0594. The Morgan fingerprint density at radius 1 is 1.19 bits per heavy atom. The van der Waals surface area contributed by atoms with E-state index in [1.165, 1.54) is 13.4 Å². The number of carbonyl (C=O) groups is 1. The van der Waals surface area contributed by atoms with Crippen molar-refractivity contribution in [2.45, 2.75) is 0 Å². The topological polar surface area (TPSA) is 52.1 Å². The Labute approximate surface area is 92.9 Å². The van der Waals surface area contributed by atoms with E-state index >= 15 is 0 Å². The molecule has 1 heterocycles. The molecule has 1 aromatic carbocycles. The third-order valence-electron chi connectivity index (χ3n) is 2.13. The van der Waals surface area contributed by atoms with Crippen LogP contribution < -0.4 is 0 Å².